The molecule has 0 heterocycles. The molecule has 28 heavy (non-hydrogen) atoms. The molecule has 0 fully saturated rings. The van der Waals surface area contributed by atoms with Crippen LogP contribution in [0, 0.1) is 0 Å². The summed E-state index contributed by atoms with van der Waals surface area (Å²) in [4.78, 5) is 22.7. The maximum atomic E-state index is 12.8. The molecule has 0 saturated heterocycles. The Labute approximate surface area is 160 Å². The number of rotatable bonds is 6. The Bertz CT molecular complexity index is 1160. The van der Waals surface area contributed by atoms with Crippen molar-refractivity contribution < 1.29 is 32.4 Å². The average molecular weight is 400 g/mol. The van der Waals surface area contributed by atoms with E-state index >= 15 is 0 Å². The zero-order valence-electron chi connectivity index (χ0n) is 14.7. The average Bonchev–Trinajstić information content (AvgIpc) is 2.66. The van der Waals surface area contributed by atoms with Crippen molar-refractivity contribution in [3.05, 3.63) is 71.3 Å². The molecule has 2 N–H and O–H groups in total. The number of aromatic carboxylic acids is 2. The molecule has 8 heteroatoms. The minimum atomic E-state index is -4.33. The molecule has 7 nitrogen and oxygen atoms in total. The monoisotopic (exact) mass is 400 g/mol. The van der Waals surface area contributed by atoms with E-state index < -0.39 is 22.1 Å². The first-order chi connectivity index (χ1) is 13.2. The Morgan fingerprint density at radius 2 is 1.50 bits per heavy atom. The van der Waals surface area contributed by atoms with Crippen LogP contribution in [0.2, 0.25) is 0 Å². The standard InChI is InChI=1S/C20H16O7S/c1-2-12-6-8-13(9-7-12)27-28(25,26)17-11-10-16(20(23)24)18-14(17)4-3-5-15(18)19(21)22/h3-11H,2H2,1H3,(H,21,22)(H,23,24). The Hall–Kier alpha value is -3.39. The summed E-state index contributed by atoms with van der Waals surface area (Å²) in [6.07, 6.45) is 0.784. The largest absolute Gasteiger partial charge is 0.478 e. The fourth-order valence-corrected chi connectivity index (χ4v) is 4.04. The molecule has 0 amide bonds. The smallest absolute Gasteiger partial charge is 0.339 e. The number of carbonyl (C=O) groups is 2. The molecule has 3 rings (SSSR count). The van der Waals surface area contributed by atoms with Gasteiger partial charge < -0.3 is 14.4 Å². The lowest BCUT2D eigenvalue weighted by Gasteiger charge is -2.13. The van der Waals surface area contributed by atoms with E-state index in [1.807, 2.05) is 6.92 Å². The molecule has 3 aromatic carbocycles. The Morgan fingerprint density at radius 1 is 0.893 bits per heavy atom. The number of hydrogen-bond acceptors (Lipinski definition) is 5. The van der Waals surface area contributed by atoms with Crippen LogP contribution in [0.4, 0.5) is 0 Å². The molecule has 0 radical (unpaired) electrons. The van der Waals surface area contributed by atoms with Gasteiger partial charge in [-0.1, -0.05) is 31.2 Å². The van der Waals surface area contributed by atoms with Crippen molar-refractivity contribution in [2.75, 3.05) is 0 Å². The number of benzene rings is 3. The van der Waals surface area contributed by atoms with Crippen molar-refractivity contribution >= 4 is 32.8 Å². The number of fused-ring (bicyclic) bond motifs is 1. The quantitative estimate of drug-likeness (QED) is 0.607. The van der Waals surface area contributed by atoms with Gasteiger partial charge in [-0.2, -0.15) is 8.42 Å². The van der Waals surface area contributed by atoms with Crippen LogP contribution in [0.25, 0.3) is 10.8 Å². The van der Waals surface area contributed by atoms with Crippen LogP contribution in [0.3, 0.4) is 0 Å². The Morgan fingerprint density at radius 3 is 2.07 bits per heavy atom. The molecule has 0 aromatic heterocycles. The summed E-state index contributed by atoms with van der Waals surface area (Å²) in [5, 5.41) is 18.6. The molecule has 0 unspecified atom stereocenters. The fourth-order valence-electron chi connectivity index (χ4n) is 2.91. The minimum Gasteiger partial charge on any atom is -0.478 e. The van der Waals surface area contributed by atoms with Crippen molar-refractivity contribution in [2.45, 2.75) is 18.2 Å². The lowest BCUT2D eigenvalue weighted by Crippen LogP contribution is -2.12. The molecule has 0 aliphatic carbocycles. The SMILES string of the molecule is CCc1ccc(OS(=O)(=O)c2ccc(C(=O)O)c3c(C(=O)O)cccc23)cc1. The minimum absolute atomic E-state index is 0.0371. The molecule has 3 aromatic rings. The number of carboxylic acids is 2. The van der Waals surface area contributed by atoms with E-state index in [9.17, 15) is 28.2 Å². The predicted octanol–water partition coefficient (Wildman–Crippen LogP) is 3.57. The summed E-state index contributed by atoms with van der Waals surface area (Å²) in [6.45, 7) is 1.96. The van der Waals surface area contributed by atoms with E-state index in [-0.39, 0.29) is 32.5 Å². The van der Waals surface area contributed by atoms with E-state index in [2.05, 4.69) is 0 Å². The molecule has 0 spiro atoms. The van der Waals surface area contributed by atoms with Gasteiger partial charge in [0, 0.05) is 10.8 Å². The van der Waals surface area contributed by atoms with E-state index in [4.69, 9.17) is 4.18 Å². The number of aryl methyl sites for hydroxylation is 1. The van der Waals surface area contributed by atoms with Gasteiger partial charge >= 0.3 is 22.1 Å². The summed E-state index contributed by atoms with van der Waals surface area (Å²) in [7, 11) is -4.33. The zero-order valence-corrected chi connectivity index (χ0v) is 15.6. The summed E-state index contributed by atoms with van der Waals surface area (Å²) < 4.78 is 30.8. The Balaban J connectivity index is 2.19. The highest BCUT2D eigenvalue weighted by Gasteiger charge is 2.25. The van der Waals surface area contributed by atoms with E-state index in [0.29, 0.717) is 0 Å². The zero-order chi connectivity index (χ0) is 20.5. The van der Waals surface area contributed by atoms with E-state index in [1.165, 1.54) is 30.3 Å². The van der Waals surface area contributed by atoms with Gasteiger partial charge in [-0.05, 0) is 42.3 Å². The first-order valence-corrected chi connectivity index (χ1v) is 9.71. The van der Waals surface area contributed by atoms with Gasteiger partial charge in [0.1, 0.15) is 10.6 Å². The van der Waals surface area contributed by atoms with Crippen LogP contribution in [0.15, 0.2) is 59.5 Å². The molecule has 0 aliphatic rings. The second-order valence-electron chi connectivity index (χ2n) is 5.98. The summed E-state index contributed by atoms with van der Waals surface area (Å²) in [6, 6.07) is 12.6. The summed E-state index contributed by atoms with van der Waals surface area (Å²) >= 11 is 0. The third kappa shape index (κ3) is 3.54. The Kier molecular flexibility index (Phi) is 5.06. The normalized spacial score (nSPS) is 11.3. The highest BCUT2D eigenvalue weighted by molar-refractivity contribution is 7.87. The topological polar surface area (TPSA) is 118 Å². The molecule has 144 valence electrons. The van der Waals surface area contributed by atoms with E-state index in [1.54, 1.807) is 12.1 Å². The van der Waals surface area contributed by atoms with Crippen molar-refractivity contribution in [1.29, 1.82) is 0 Å². The summed E-state index contributed by atoms with van der Waals surface area (Å²) in [5.41, 5.74) is 0.394. The number of carboxylic acid groups (broad SMARTS) is 2. The van der Waals surface area contributed by atoms with Gasteiger partial charge in [-0.3, -0.25) is 0 Å². The van der Waals surface area contributed by atoms with Crippen LogP contribution in [0.5, 0.6) is 5.75 Å². The summed E-state index contributed by atoms with van der Waals surface area (Å²) in [5.74, 6) is -2.63. The van der Waals surface area contributed by atoms with Crippen LogP contribution in [0.1, 0.15) is 33.2 Å². The van der Waals surface area contributed by atoms with Crippen LogP contribution < -0.4 is 4.18 Å². The van der Waals surface area contributed by atoms with Gasteiger partial charge in [0.05, 0.1) is 11.1 Å². The predicted molar refractivity (Wildman–Crippen MR) is 102 cm³/mol. The van der Waals surface area contributed by atoms with Crippen molar-refractivity contribution in [1.82, 2.24) is 0 Å². The molecular weight excluding hydrogens is 384 g/mol. The van der Waals surface area contributed by atoms with Crippen molar-refractivity contribution in [3.8, 4) is 5.75 Å². The highest BCUT2D eigenvalue weighted by Crippen LogP contribution is 2.31. The second kappa shape index (κ2) is 7.32. The lowest BCUT2D eigenvalue weighted by molar-refractivity contribution is 0.0695. The van der Waals surface area contributed by atoms with Gasteiger partial charge in [0.25, 0.3) is 0 Å². The fraction of sp³-hybridized carbons (Fsp3) is 0.100. The molecule has 0 atom stereocenters. The second-order valence-corrected chi connectivity index (χ2v) is 7.50. The van der Waals surface area contributed by atoms with Gasteiger partial charge in [-0.15, -0.1) is 0 Å². The third-order valence-corrected chi connectivity index (χ3v) is 5.57. The van der Waals surface area contributed by atoms with Crippen LogP contribution in [-0.2, 0) is 16.5 Å². The van der Waals surface area contributed by atoms with Gasteiger partial charge in [0.2, 0.25) is 0 Å². The molecular formula is C20H16O7S. The van der Waals surface area contributed by atoms with Crippen LogP contribution >= 0.6 is 0 Å². The molecule has 0 aliphatic heterocycles. The van der Waals surface area contributed by atoms with E-state index in [0.717, 1.165) is 24.1 Å². The first kappa shape index (κ1) is 19.4. The van der Waals surface area contributed by atoms with Crippen molar-refractivity contribution in [3.63, 3.8) is 0 Å². The van der Waals surface area contributed by atoms with Crippen LogP contribution in [-0.4, -0.2) is 30.6 Å². The maximum absolute atomic E-state index is 12.8. The first-order valence-electron chi connectivity index (χ1n) is 8.30. The highest BCUT2D eigenvalue weighted by atomic mass is 32.2. The third-order valence-electron chi connectivity index (χ3n) is 4.27. The van der Waals surface area contributed by atoms with Gasteiger partial charge in [0.15, 0.2) is 0 Å². The molecule has 0 saturated carbocycles. The lowest BCUT2D eigenvalue weighted by atomic mass is 9.99. The van der Waals surface area contributed by atoms with Gasteiger partial charge in [-0.25, -0.2) is 9.59 Å². The van der Waals surface area contributed by atoms with Crippen molar-refractivity contribution in [2.24, 2.45) is 0 Å². The number of hydrogen-bond donors (Lipinski definition) is 2. The maximum Gasteiger partial charge on any atom is 0.339 e. The molecule has 0 bridgehead atoms.